The van der Waals surface area contributed by atoms with Crippen LogP contribution in [0, 0.1) is 0 Å². The van der Waals surface area contributed by atoms with Gasteiger partial charge >= 0.3 is 0 Å². The van der Waals surface area contributed by atoms with E-state index in [2.05, 4.69) is 24.0 Å². The monoisotopic (exact) mass is 267 g/mol. The molecular formula is C18H21NO. The summed E-state index contributed by atoms with van der Waals surface area (Å²) >= 11 is 0. The Balaban J connectivity index is 2.27. The summed E-state index contributed by atoms with van der Waals surface area (Å²) in [5, 5.41) is 0. The average Bonchev–Trinajstić information content (AvgIpc) is 2.54. The lowest BCUT2D eigenvalue weighted by Gasteiger charge is -2.33. The first kappa shape index (κ1) is 14.3. The number of anilines is 1. The fourth-order valence-electron chi connectivity index (χ4n) is 2.44. The zero-order valence-corrected chi connectivity index (χ0v) is 12.1. The summed E-state index contributed by atoms with van der Waals surface area (Å²) in [6, 6.07) is 20.2. The van der Waals surface area contributed by atoms with E-state index in [9.17, 15) is 4.79 Å². The molecule has 2 aromatic carbocycles. The number of hydrogen-bond donors (Lipinski definition) is 0. The van der Waals surface area contributed by atoms with E-state index in [1.807, 2.05) is 55.5 Å². The molecule has 0 amide bonds. The van der Waals surface area contributed by atoms with Crippen molar-refractivity contribution in [1.82, 2.24) is 0 Å². The van der Waals surface area contributed by atoms with Crippen LogP contribution in [0.5, 0.6) is 0 Å². The van der Waals surface area contributed by atoms with Crippen LogP contribution in [-0.2, 0) is 10.2 Å². The molecule has 0 fully saturated rings. The molecular weight excluding hydrogens is 246 g/mol. The quantitative estimate of drug-likeness (QED) is 0.744. The Hall–Kier alpha value is -2.09. The van der Waals surface area contributed by atoms with Crippen molar-refractivity contribution in [2.24, 2.45) is 0 Å². The molecule has 1 unspecified atom stereocenters. The Morgan fingerprint density at radius 1 is 1.00 bits per heavy atom. The first-order valence-corrected chi connectivity index (χ1v) is 7.01. The molecule has 0 saturated heterocycles. The number of carbonyl (C=O) groups is 1. The van der Waals surface area contributed by atoms with Gasteiger partial charge in [0.25, 0.3) is 0 Å². The normalized spacial score (nSPS) is 13.5. The Kier molecular flexibility index (Phi) is 4.57. The van der Waals surface area contributed by atoms with Gasteiger partial charge in [0.1, 0.15) is 6.29 Å². The standard InChI is InChI=1S/C18H21NO/c1-3-19(17-12-8-5-9-13-17)14-18(2,15-20)16-10-6-4-7-11-16/h4-13,15H,3,14H2,1-2H3. The van der Waals surface area contributed by atoms with Crippen molar-refractivity contribution in [3.63, 3.8) is 0 Å². The van der Waals surface area contributed by atoms with Crippen LogP contribution < -0.4 is 4.90 Å². The predicted molar refractivity (Wildman–Crippen MR) is 84.2 cm³/mol. The van der Waals surface area contributed by atoms with Gasteiger partial charge < -0.3 is 9.69 Å². The van der Waals surface area contributed by atoms with Crippen LogP contribution in [0.2, 0.25) is 0 Å². The minimum atomic E-state index is -0.493. The Bertz CT molecular complexity index is 538. The van der Waals surface area contributed by atoms with Crippen LogP contribution in [-0.4, -0.2) is 19.4 Å². The Morgan fingerprint density at radius 2 is 1.55 bits per heavy atom. The van der Waals surface area contributed by atoms with Gasteiger partial charge in [-0.25, -0.2) is 0 Å². The lowest BCUT2D eigenvalue weighted by atomic mass is 9.83. The van der Waals surface area contributed by atoms with Gasteiger partial charge in [0.05, 0.1) is 5.41 Å². The summed E-state index contributed by atoms with van der Waals surface area (Å²) in [4.78, 5) is 13.9. The third-order valence-corrected chi connectivity index (χ3v) is 3.72. The summed E-state index contributed by atoms with van der Waals surface area (Å²) in [5.74, 6) is 0. The van der Waals surface area contributed by atoms with Crippen molar-refractivity contribution >= 4 is 12.0 Å². The van der Waals surface area contributed by atoms with Gasteiger partial charge in [-0.1, -0.05) is 48.5 Å². The van der Waals surface area contributed by atoms with Gasteiger partial charge in [-0.2, -0.15) is 0 Å². The maximum atomic E-state index is 11.7. The molecule has 2 nitrogen and oxygen atoms in total. The zero-order chi connectivity index (χ0) is 14.4. The second kappa shape index (κ2) is 6.38. The van der Waals surface area contributed by atoms with E-state index < -0.39 is 5.41 Å². The van der Waals surface area contributed by atoms with E-state index >= 15 is 0 Å². The first-order chi connectivity index (χ1) is 9.69. The topological polar surface area (TPSA) is 20.3 Å². The van der Waals surface area contributed by atoms with Crippen molar-refractivity contribution in [2.75, 3.05) is 18.0 Å². The third kappa shape index (κ3) is 3.08. The molecule has 0 spiro atoms. The number of para-hydroxylation sites is 1. The van der Waals surface area contributed by atoms with Crippen LogP contribution in [0.15, 0.2) is 60.7 Å². The van der Waals surface area contributed by atoms with Gasteiger partial charge in [0, 0.05) is 18.8 Å². The average molecular weight is 267 g/mol. The molecule has 0 heterocycles. The molecule has 1 atom stereocenters. The van der Waals surface area contributed by atoms with Gasteiger partial charge in [0.2, 0.25) is 0 Å². The van der Waals surface area contributed by atoms with E-state index in [1.54, 1.807) is 0 Å². The fourth-order valence-corrected chi connectivity index (χ4v) is 2.44. The second-order valence-corrected chi connectivity index (χ2v) is 5.25. The van der Waals surface area contributed by atoms with Crippen molar-refractivity contribution in [3.8, 4) is 0 Å². The minimum Gasteiger partial charge on any atom is -0.370 e. The van der Waals surface area contributed by atoms with Crippen LogP contribution in [0.1, 0.15) is 19.4 Å². The summed E-state index contributed by atoms with van der Waals surface area (Å²) < 4.78 is 0. The molecule has 0 aliphatic carbocycles. The van der Waals surface area contributed by atoms with Crippen LogP contribution >= 0.6 is 0 Å². The Labute approximate surface area is 121 Å². The van der Waals surface area contributed by atoms with E-state index in [1.165, 1.54) is 0 Å². The fraction of sp³-hybridized carbons (Fsp3) is 0.278. The van der Waals surface area contributed by atoms with E-state index in [-0.39, 0.29) is 0 Å². The maximum absolute atomic E-state index is 11.7. The van der Waals surface area contributed by atoms with Gasteiger partial charge in [-0.15, -0.1) is 0 Å². The Morgan fingerprint density at radius 3 is 2.05 bits per heavy atom. The number of hydrogen-bond acceptors (Lipinski definition) is 2. The van der Waals surface area contributed by atoms with Crippen LogP contribution in [0.3, 0.4) is 0 Å². The van der Waals surface area contributed by atoms with Gasteiger partial charge in [-0.05, 0) is 31.5 Å². The van der Waals surface area contributed by atoms with Gasteiger partial charge in [-0.3, -0.25) is 0 Å². The molecule has 0 aliphatic heterocycles. The highest BCUT2D eigenvalue weighted by Gasteiger charge is 2.28. The molecule has 2 rings (SSSR count). The zero-order valence-electron chi connectivity index (χ0n) is 12.1. The third-order valence-electron chi connectivity index (χ3n) is 3.72. The van der Waals surface area contributed by atoms with Crippen LogP contribution in [0.4, 0.5) is 5.69 Å². The molecule has 0 saturated carbocycles. The first-order valence-electron chi connectivity index (χ1n) is 7.01. The summed E-state index contributed by atoms with van der Waals surface area (Å²) in [5.41, 5.74) is 1.72. The number of likely N-dealkylation sites (N-methyl/N-ethyl adjacent to an activating group) is 1. The molecule has 0 radical (unpaired) electrons. The molecule has 2 heteroatoms. The van der Waals surface area contributed by atoms with Crippen molar-refractivity contribution in [3.05, 3.63) is 66.2 Å². The van der Waals surface area contributed by atoms with Crippen molar-refractivity contribution in [1.29, 1.82) is 0 Å². The molecule has 2 aromatic rings. The second-order valence-electron chi connectivity index (χ2n) is 5.25. The smallest absolute Gasteiger partial charge is 0.132 e. The highest BCUT2D eigenvalue weighted by Crippen LogP contribution is 2.25. The van der Waals surface area contributed by atoms with E-state index in [0.717, 1.165) is 24.1 Å². The highest BCUT2D eigenvalue weighted by molar-refractivity contribution is 5.69. The molecule has 0 bridgehead atoms. The molecule has 0 aliphatic rings. The molecule has 20 heavy (non-hydrogen) atoms. The lowest BCUT2D eigenvalue weighted by molar-refractivity contribution is -0.111. The van der Waals surface area contributed by atoms with Crippen molar-refractivity contribution < 1.29 is 4.79 Å². The van der Waals surface area contributed by atoms with Crippen molar-refractivity contribution in [2.45, 2.75) is 19.3 Å². The molecule has 0 N–H and O–H groups in total. The molecule has 104 valence electrons. The number of aldehydes is 1. The van der Waals surface area contributed by atoms with E-state index in [4.69, 9.17) is 0 Å². The highest BCUT2D eigenvalue weighted by atomic mass is 16.1. The van der Waals surface area contributed by atoms with Gasteiger partial charge in [0.15, 0.2) is 0 Å². The predicted octanol–water partition coefficient (Wildman–Crippen LogP) is 3.67. The minimum absolute atomic E-state index is 0.493. The lowest BCUT2D eigenvalue weighted by Crippen LogP contribution is -2.40. The number of benzene rings is 2. The number of rotatable bonds is 6. The summed E-state index contributed by atoms with van der Waals surface area (Å²) in [6.45, 7) is 5.67. The van der Waals surface area contributed by atoms with E-state index in [0.29, 0.717) is 6.54 Å². The maximum Gasteiger partial charge on any atom is 0.132 e. The largest absolute Gasteiger partial charge is 0.370 e. The summed E-state index contributed by atoms with van der Waals surface area (Å²) in [6.07, 6.45) is 1.06. The summed E-state index contributed by atoms with van der Waals surface area (Å²) in [7, 11) is 0. The number of carbonyl (C=O) groups excluding carboxylic acids is 1. The SMILES string of the molecule is CCN(CC(C)(C=O)c1ccccc1)c1ccccc1. The molecule has 0 aromatic heterocycles. The van der Waals surface area contributed by atoms with Crippen LogP contribution in [0.25, 0.3) is 0 Å². The number of nitrogens with zero attached hydrogens (tertiary/aromatic N) is 1.